The molecule has 0 saturated heterocycles. The summed E-state index contributed by atoms with van der Waals surface area (Å²) in [5.74, 6) is 2.61. The first kappa shape index (κ1) is 19.1. The first-order valence-corrected chi connectivity index (χ1v) is 9.67. The summed E-state index contributed by atoms with van der Waals surface area (Å²) in [5, 5.41) is 11.2. The van der Waals surface area contributed by atoms with E-state index in [1.165, 1.54) is 0 Å². The number of rotatable bonds is 7. The van der Waals surface area contributed by atoms with Crippen molar-refractivity contribution in [2.75, 3.05) is 7.11 Å². The molecule has 2 aromatic heterocycles. The standard InChI is InChI=1S/C20H23N5O4/c1-13-21-19(25-28-13)20(11-3-4-12-20)23-16(26)9-10-17-22-18(24-29-17)14-5-7-15(27-2)8-6-14/h5-8H,3-4,9-12H2,1-2H3,(H,23,26). The molecule has 0 atom stereocenters. The van der Waals surface area contributed by atoms with Crippen molar-refractivity contribution < 1.29 is 18.6 Å². The predicted octanol–water partition coefficient (Wildman–Crippen LogP) is 2.95. The van der Waals surface area contributed by atoms with Crippen molar-refractivity contribution >= 4 is 5.91 Å². The summed E-state index contributed by atoms with van der Waals surface area (Å²) < 4.78 is 15.6. The molecule has 2 heterocycles. The van der Waals surface area contributed by atoms with E-state index in [9.17, 15) is 4.79 Å². The molecule has 0 spiro atoms. The van der Waals surface area contributed by atoms with Gasteiger partial charge in [0.15, 0.2) is 5.82 Å². The summed E-state index contributed by atoms with van der Waals surface area (Å²) >= 11 is 0. The first-order chi connectivity index (χ1) is 14.1. The van der Waals surface area contributed by atoms with Crippen molar-refractivity contribution in [3.05, 3.63) is 41.9 Å². The minimum Gasteiger partial charge on any atom is -0.497 e. The van der Waals surface area contributed by atoms with Crippen LogP contribution >= 0.6 is 0 Å². The Balaban J connectivity index is 1.37. The van der Waals surface area contributed by atoms with Crippen LogP contribution in [-0.2, 0) is 16.8 Å². The molecule has 9 heteroatoms. The Kier molecular flexibility index (Phi) is 5.28. The van der Waals surface area contributed by atoms with Crippen molar-refractivity contribution in [1.29, 1.82) is 0 Å². The third kappa shape index (κ3) is 4.13. The van der Waals surface area contributed by atoms with Crippen molar-refractivity contribution in [3.8, 4) is 17.1 Å². The van der Waals surface area contributed by atoms with Crippen molar-refractivity contribution in [3.63, 3.8) is 0 Å². The molecule has 152 valence electrons. The minimum absolute atomic E-state index is 0.0986. The van der Waals surface area contributed by atoms with Crippen molar-refractivity contribution in [2.45, 2.75) is 51.0 Å². The maximum Gasteiger partial charge on any atom is 0.227 e. The van der Waals surface area contributed by atoms with Gasteiger partial charge in [-0.3, -0.25) is 4.79 Å². The minimum atomic E-state index is -0.544. The fourth-order valence-corrected chi connectivity index (χ4v) is 3.64. The SMILES string of the molecule is COc1ccc(-c2noc(CCC(=O)NC3(c4noc(C)n4)CCCC3)n2)cc1. The van der Waals surface area contributed by atoms with Gasteiger partial charge in [-0.1, -0.05) is 23.2 Å². The number of carbonyl (C=O) groups excluding carboxylic acids is 1. The molecule has 3 aromatic rings. The van der Waals surface area contributed by atoms with Gasteiger partial charge in [-0.25, -0.2) is 0 Å². The molecule has 0 radical (unpaired) electrons. The third-order valence-corrected chi connectivity index (χ3v) is 5.17. The molecule has 1 saturated carbocycles. The summed E-state index contributed by atoms with van der Waals surface area (Å²) in [7, 11) is 1.61. The van der Waals surface area contributed by atoms with Gasteiger partial charge in [0.2, 0.25) is 23.5 Å². The number of benzene rings is 1. The number of ether oxygens (including phenoxy) is 1. The fraction of sp³-hybridized carbons (Fsp3) is 0.450. The lowest BCUT2D eigenvalue weighted by Crippen LogP contribution is -2.44. The number of aromatic nitrogens is 4. The lowest BCUT2D eigenvalue weighted by Gasteiger charge is -2.26. The molecule has 1 fully saturated rings. The highest BCUT2D eigenvalue weighted by molar-refractivity contribution is 5.77. The maximum absolute atomic E-state index is 12.6. The normalized spacial score (nSPS) is 15.4. The van der Waals surface area contributed by atoms with Crippen LogP contribution in [0.3, 0.4) is 0 Å². The zero-order chi connectivity index (χ0) is 20.3. The number of aryl methyl sites for hydroxylation is 2. The van der Waals surface area contributed by atoms with E-state index in [-0.39, 0.29) is 12.3 Å². The van der Waals surface area contributed by atoms with E-state index in [0.717, 1.165) is 37.0 Å². The summed E-state index contributed by atoms with van der Waals surface area (Å²) in [6.07, 6.45) is 4.24. The van der Waals surface area contributed by atoms with Crippen LogP contribution in [0.15, 0.2) is 33.3 Å². The molecular formula is C20H23N5O4. The summed E-state index contributed by atoms with van der Waals surface area (Å²) in [4.78, 5) is 21.3. The number of nitrogens with zero attached hydrogens (tertiary/aromatic N) is 4. The van der Waals surface area contributed by atoms with Gasteiger partial charge in [0, 0.05) is 25.3 Å². The molecule has 0 aliphatic heterocycles. The van der Waals surface area contributed by atoms with Gasteiger partial charge in [-0.15, -0.1) is 0 Å². The van der Waals surface area contributed by atoms with Gasteiger partial charge >= 0.3 is 0 Å². The van der Waals surface area contributed by atoms with Crippen LogP contribution in [0.25, 0.3) is 11.4 Å². The second-order valence-electron chi connectivity index (χ2n) is 7.21. The molecule has 9 nitrogen and oxygen atoms in total. The second kappa shape index (κ2) is 8.02. The lowest BCUT2D eigenvalue weighted by atomic mass is 9.96. The molecule has 29 heavy (non-hydrogen) atoms. The number of hydrogen-bond donors (Lipinski definition) is 1. The highest BCUT2D eigenvalue weighted by Gasteiger charge is 2.41. The molecule has 1 amide bonds. The molecule has 1 N–H and O–H groups in total. The fourth-order valence-electron chi connectivity index (χ4n) is 3.64. The summed E-state index contributed by atoms with van der Waals surface area (Å²) in [6.45, 7) is 1.75. The summed E-state index contributed by atoms with van der Waals surface area (Å²) in [6, 6.07) is 7.38. The number of amides is 1. The molecule has 4 rings (SSSR count). The van der Waals surface area contributed by atoms with Gasteiger partial charge < -0.3 is 19.1 Å². The van der Waals surface area contributed by atoms with Gasteiger partial charge in [0.25, 0.3) is 0 Å². The Labute approximate surface area is 167 Å². The average Bonchev–Trinajstić information content (AvgIpc) is 3.48. The molecule has 0 bridgehead atoms. The molecule has 1 aliphatic carbocycles. The van der Waals surface area contributed by atoms with E-state index in [1.807, 2.05) is 24.3 Å². The van der Waals surface area contributed by atoms with Crippen LogP contribution in [0.1, 0.15) is 49.7 Å². The van der Waals surface area contributed by atoms with E-state index in [1.54, 1.807) is 14.0 Å². The predicted molar refractivity (Wildman–Crippen MR) is 102 cm³/mol. The highest BCUT2D eigenvalue weighted by Crippen LogP contribution is 2.37. The number of carbonyl (C=O) groups is 1. The maximum atomic E-state index is 12.6. The van der Waals surface area contributed by atoms with E-state index < -0.39 is 5.54 Å². The van der Waals surface area contributed by atoms with Crippen LogP contribution < -0.4 is 10.1 Å². The zero-order valence-electron chi connectivity index (χ0n) is 16.5. The number of methoxy groups -OCH3 is 1. The number of hydrogen-bond acceptors (Lipinski definition) is 8. The van der Waals surface area contributed by atoms with Crippen molar-refractivity contribution in [2.24, 2.45) is 0 Å². The van der Waals surface area contributed by atoms with Gasteiger partial charge in [0.1, 0.15) is 11.3 Å². The second-order valence-corrected chi connectivity index (χ2v) is 7.21. The molecule has 1 aliphatic rings. The van der Waals surface area contributed by atoms with Gasteiger partial charge in [-0.05, 0) is 37.1 Å². The summed E-state index contributed by atoms with van der Waals surface area (Å²) in [5.41, 5.74) is 0.278. The Hall–Kier alpha value is -3.23. The Morgan fingerprint density at radius 2 is 1.90 bits per heavy atom. The topological polar surface area (TPSA) is 116 Å². The van der Waals surface area contributed by atoms with Crippen LogP contribution in [0.2, 0.25) is 0 Å². The Morgan fingerprint density at radius 1 is 1.14 bits per heavy atom. The van der Waals surface area contributed by atoms with E-state index in [4.69, 9.17) is 13.8 Å². The molecular weight excluding hydrogens is 374 g/mol. The van der Waals surface area contributed by atoms with Crippen LogP contribution in [0.5, 0.6) is 5.75 Å². The lowest BCUT2D eigenvalue weighted by molar-refractivity contribution is -0.123. The molecule has 0 unspecified atom stereocenters. The largest absolute Gasteiger partial charge is 0.497 e. The smallest absolute Gasteiger partial charge is 0.227 e. The van der Waals surface area contributed by atoms with E-state index in [0.29, 0.717) is 29.9 Å². The van der Waals surface area contributed by atoms with E-state index >= 15 is 0 Å². The Bertz CT molecular complexity index is 973. The Morgan fingerprint density at radius 3 is 2.55 bits per heavy atom. The first-order valence-electron chi connectivity index (χ1n) is 9.67. The van der Waals surface area contributed by atoms with Gasteiger partial charge in [-0.2, -0.15) is 9.97 Å². The monoisotopic (exact) mass is 397 g/mol. The number of nitrogens with one attached hydrogen (secondary N) is 1. The third-order valence-electron chi connectivity index (χ3n) is 5.17. The zero-order valence-corrected chi connectivity index (χ0v) is 16.5. The van der Waals surface area contributed by atoms with Crippen LogP contribution in [-0.4, -0.2) is 33.3 Å². The highest BCUT2D eigenvalue weighted by atomic mass is 16.5. The van der Waals surface area contributed by atoms with Gasteiger partial charge in [0.05, 0.1) is 7.11 Å². The van der Waals surface area contributed by atoms with Crippen LogP contribution in [0.4, 0.5) is 0 Å². The quantitative estimate of drug-likeness (QED) is 0.647. The average molecular weight is 397 g/mol. The van der Waals surface area contributed by atoms with Crippen LogP contribution in [0, 0.1) is 6.92 Å². The molecule has 1 aromatic carbocycles. The van der Waals surface area contributed by atoms with Crippen molar-refractivity contribution in [1.82, 2.24) is 25.6 Å². The van der Waals surface area contributed by atoms with E-state index in [2.05, 4.69) is 25.6 Å².